The molecule has 4 nitrogen and oxygen atoms in total. The van der Waals surface area contributed by atoms with E-state index in [1.807, 2.05) is 0 Å². The monoisotopic (exact) mass is 276 g/mol. The largest absolute Gasteiger partial charge is 0.411 e. The van der Waals surface area contributed by atoms with Gasteiger partial charge in [0, 0.05) is 6.20 Å². The van der Waals surface area contributed by atoms with Crippen molar-refractivity contribution in [3.8, 4) is 0 Å². The number of nitrogens with one attached hydrogen (secondary N) is 1. The van der Waals surface area contributed by atoms with Crippen LogP contribution in [0.5, 0.6) is 0 Å². The van der Waals surface area contributed by atoms with Crippen LogP contribution >= 0.6 is 11.6 Å². The molecule has 0 aromatic carbocycles. The van der Waals surface area contributed by atoms with E-state index >= 15 is 0 Å². The number of hydrogen-bond donors (Lipinski definition) is 1. The lowest BCUT2D eigenvalue weighted by atomic mass is 10.3. The molecule has 1 fully saturated rings. The average Bonchev–Trinajstić information content (AvgIpc) is 2.92. The minimum atomic E-state index is -4.29. The van der Waals surface area contributed by atoms with E-state index in [4.69, 9.17) is 11.6 Å². The molecule has 0 unspecified atom stereocenters. The molecule has 0 bridgehead atoms. The van der Waals surface area contributed by atoms with Gasteiger partial charge in [-0.15, -0.1) is 5.10 Å². The zero-order valence-electron chi connectivity index (χ0n) is 9.00. The summed E-state index contributed by atoms with van der Waals surface area (Å²) in [6.45, 7) is 0. The minimum Gasteiger partial charge on any atom is -0.339 e. The van der Waals surface area contributed by atoms with Gasteiger partial charge in [-0.05, 0) is 25.0 Å². The third-order valence-electron chi connectivity index (χ3n) is 2.94. The van der Waals surface area contributed by atoms with Crippen molar-refractivity contribution >= 4 is 23.2 Å². The minimum absolute atomic E-state index is 0.0351. The first-order valence-corrected chi connectivity index (χ1v) is 5.64. The van der Waals surface area contributed by atoms with Crippen LogP contribution in [-0.2, 0) is 0 Å². The van der Waals surface area contributed by atoms with Gasteiger partial charge in [-0.3, -0.25) is 0 Å². The van der Waals surface area contributed by atoms with Crippen molar-refractivity contribution in [2.24, 2.45) is 0 Å². The molecule has 1 aliphatic rings. The van der Waals surface area contributed by atoms with Crippen molar-refractivity contribution in [3.05, 3.63) is 23.4 Å². The van der Waals surface area contributed by atoms with Gasteiger partial charge >= 0.3 is 6.18 Å². The molecule has 1 aliphatic carbocycles. The Labute approximate surface area is 105 Å². The molecule has 0 aliphatic heterocycles. The molecular weight excluding hydrogens is 269 g/mol. The van der Waals surface area contributed by atoms with Crippen molar-refractivity contribution in [3.63, 3.8) is 0 Å². The molecule has 18 heavy (non-hydrogen) atoms. The van der Waals surface area contributed by atoms with E-state index in [0.29, 0.717) is 10.7 Å². The van der Waals surface area contributed by atoms with Gasteiger partial charge in [0.2, 0.25) is 5.95 Å². The topological polar surface area (TPSA) is 42.2 Å². The lowest BCUT2D eigenvalue weighted by molar-refractivity contribution is -0.151. The molecule has 96 valence electrons. The zero-order valence-corrected chi connectivity index (χ0v) is 9.76. The summed E-state index contributed by atoms with van der Waals surface area (Å²) in [5.74, 6) is -0.0351. The van der Waals surface area contributed by atoms with E-state index in [2.05, 4.69) is 15.4 Å². The van der Waals surface area contributed by atoms with Crippen molar-refractivity contribution in [1.29, 1.82) is 0 Å². The second-order valence-electron chi connectivity index (χ2n) is 4.29. The lowest BCUT2D eigenvalue weighted by Crippen LogP contribution is -2.39. The standard InChI is InChI=1S/C10H8ClF3N4/c11-6-1-2-7-15-8(17-18(7)5-6)16-9(3-4-9)10(12,13)14/h1-2,5H,3-4H2,(H,16,17). The fraction of sp³-hybridized carbons (Fsp3) is 0.400. The van der Waals surface area contributed by atoms with Gasteiger partial charge in [0.05, 0.1) is 5.02 Å². The van der Waals surface area contributed by atoms with Crippen LogP contribution in [0.15, 0.2) is 18.3 Å². The maximum atomic E-state index is 12.8. The molecule has 0 spiro atoms. The van der Waals surface area contributed by atoms with Crippen LogP contribution < -0.4 is 5.32 Å². The van der Waals surface area contributed by atoms with E-state index in [9.17, 15) is 13.2 Å². The van der Waals surface area contributed by atoms with Gasteiger partial charge in [-0.1, -0.05) is 11.6 Å². The number of aromatic nitrogens is 3. The van der Waals surface area contributed by atoms with E-state index in [0.717, 1.165) is 0 Å². The highest BCUT2D eigenvalue weighted by atomic mass is 35.5. The molecule has 1 saturated carbocycles. The van der Waals surface area contributed by atoms with E-state index in [1.54, 1.807) is 12.1 Å². The maximum Gasteiger partial charge on any atom is 0.411 e. The van der Waals surface area contributed by atoms with Crippen LogP contribution in [0, 0.1) is 0 Å². The summed E-state index contributed by atoms with van der Waals surface area (Å²) in [6.07, 6.45) is -2.70. The predicted octanol–water partition coefficient (Wildman–Crippen LogP) is 2.89. The highest BCUT2D eigenvalue weighted by Crippen LogP contribution is 2.50. The molecule has 0 radical (unpaired) electrons. The summed E-state index contributed by atoms with van der Waals surface area (Å²) < 4.78 is 39.6. The lowest BCUT2D eigenvalue weighted by Gasteiger charge is -2.19. The Morgan fingerprint density at radius 1 is 1.33 bits per heavy atom. The van der Waals surface area contributed by atoms with Gasteiger partial charge < -0.3 is 5.32 Å². The first kappa shape index (κ1) is 11.6. The number of nitrogens with zero attached hydrogens (tertiary/aromatic N) is 3. The molecule has 0 atom stereocenters. The summed E-state index contributed by atoms with van der Waals surface area (Å²) in [6, 6.07) is 3.19. The van der Waals surface area contributed by atoms with Gasteiger partial charge in [0.25, 0.3) is 0 Å². The van der Waals surface area contributed by atoms with Crippen LogP contribution in [0.2, 0.25) is 5.02 Å². The Morgan fingerprint density at radius 2 is 2.06 bits per heavy atom. The number of anilines is 1. The summed E-state index contributed by atoms with van der Waals surface area (Å²) in [5, 5.41) is 6.73. The van der Waals surface area contributed by atoms with Crippen molar-refractivity contribution in [2.75, 3.05) is 5.32 Å². The van der Waals surface area contributed by atoms with E-state index in [-0.39, 0.29) is 18.8 Å². The highest BCUT2D eigenvalue weighted by Gasteiger charge is 2.64. The van der Waals surface area contributed by atoms with Crippen LogP contribution in [0.3, 0.4) is 0 Å². The van der Waals surface area contributed by atoms with E-state index in [1.165, 1.54) is 10.7 Å². The Hall–Kier alpha value is -1.50. The number of hydrogen-bond acceptors (Lipinski definition) is 3. The first-order chi connectivity index (χ1) is 8.40. The van der Waals surface area contributed by atoms with Gasteiger partial charge in [0.15, 0.2) is 5.65 Å². The Kier molecular flexibility index (Phi) is 2.25. The van der Waals surface area contributed by atoms with Crippen molar-refractivity contribution in [2.45, 2.75) is 24.6 Å². The molecule has 1 N–H and O–H groups in total. The molecule has 2 aromatic heterocycles. The third kappa shape index (κ3) is 1.78. The number of rotatable bonds is 2. The summed E-state index contributed by atoms with van der Waals surface area (Å²) in [5.41, 5.74) is -1.42. The normalized spacial score (nSPS) is 18.0. The van der Waals surface area contributed by atoms with Crippen molar-refractivity contribution < 1.29 is 13.2 Å². The summed E-state index contributed by atoms with van der Waals surface area (Å²) in [4.78, 5) is 3.97. The summed E-state index contributed by atoms with van der Waals surface area (Å²) in [7, 11) is 0. The maximum absolute atomic E-state index is 12.8. The van der Waals surface area contributed by atoms with E-state index < -0.39 is 11.7 Å². The third-order valence-corrected chi connectivity index (χ3v) is 3.16. The number of fused-ring (bicyclic) bond motifs is 1. The second kappa shape index (κ2) is 3.50. The fourth-order valence-electron chi connectivity index (χ4n) is 1.73. The zero-order chi connectivity index (χ0) is 13.0. The molecule has 8 heteroatoms. The molecule has 0 amide bonds. The number of pyridine rings is 1. The Morgan fingerprint density at radius 3 is 2.67 bits per heavy atom. The van der Waals surface area contributed by atoms with Crippen LogP contribution in [0.25, 0.3) is 5.65 Å². The van der Waals surface area contributed by atoms with Gasteiger partial charge in [0.1, 0.15) is 5.54 Å². The molecule has 0 saturated heterocycles. The van der Waals surface area contributed by atoms with Gasteiger partial charge in [-0.25, -0.2) is 4.52 Å². The van der Waals surface area contributed by atoms with Crippen molar-refractivity contribution in [1.82, 2.24) is 14.6 Å². The van der Waals surface area contributed by atoms with Gasteiger partial charge in [-0.2, -0.15) is 18.2 Å². The van der Waals surface area contributed by atoms with Crippen LogP contribution in [0.4, 0.5) is 19.1 Å². The average molecular weight is 277 g/mol. The molecule has 2 heterocycles. The van der Waals surface area contributed by atoms with Crippen LogP contribution in [0.1, 0.15) is 12.8 Å². The fourth-order valence-corrected chi connectivity index (χ4v) is 1.88. The summed E-state index contributed by atoms with van der Waals surface area (Å²) >= 11 is 5.76. The second-order valence-corrected chi connectivity index (χ2v) is 4.73. The Balaban J connectivity index is 1.92. The van der Waals surface area contributed by atoms with Crippen LogP contribution in [-0.4, -0.2) is 26.3 Å². The highest BCUT2D eigenvalue weighted by molar-refractivity contribution is 6.30. The molecule has 3 rings (SSSR count). The Bertz CT molecular complexity index is 603. The molecule has 2 aromatic rings. The predicted molar refractivity (Wildman–Crippen MR) is 59.6 cm³/mol. The first-order valence-electron chi connectivity index (χ1n) is 5.27. The number of halogens is 4. The number of alkyl halides is 3. The smallest absolute Gasteiger partial charge is 0.339 e. The molecular formula is C10H8ClF3N4. The quantitative estimate of drug-likeness (QED) is 0.917. The SMILES string of the molecule is FC(F)(F)C1(Nc2nc3ccc(Cl)cn3n2)CC1.